The van der Waals surface area contributed by atoms with Gasteiger partial charge in [0.15, 0.2) is 0 Å². The van der Waals surface area contributed by atoms with Crippen molar-refractivity contribution in [2.45, 2.75) is 53.8 Å². The van der Waals surface area contributed by atoms with Crippen molar-refractivity contribution in [3.63, 3.8) is 0 Å². The number of esters is 2. The monoisotopic (exact) mass is 1520 g/mol. The van der Waals surface area contributed by atoms with Gasteiger partial charge in [-0.25, -0.2) is 29.5 Å². The third-order valence-corrected chi connectivity index (χ3v) is 15.4. The highest BCUT2D eigenvalue weighted by Gasteiger charge is 2.27. The first kappa shape index (κ1) is 85.8. The van der Waals surface area contributed by atoms with Gasteiger partial charge in [-0.1, -0.05) is 61.7 Å². The summed E-state index contributed by atoms with van der Waals surface area (Å²) in [5.74, 6) is -0.399. The molecule has 109 heavy (non-hydrogen) atoms. The largest absolute Gasteiger partial charge is 0.494 e. The van der Waals surface area contributed by atoms with Crippen molar-refractivity contribution in [3.8, 4) is 34.0 Å². The van der Waals surface area contributed by atoms with Crippen molar-refractivity contribution in [1.82, 2.24) is 44.1 Å². The number of hydrogen-bond acceptors (Lipinski definition) is 25. The number of carbonyl (C=O) groups is 4. The summed E-state index contributed by atoms with van der Waals surface area (Å²) in [5, 5.41) is 24.5. The summed E-state index contributed by atoms with van der Waals surface area (Å²) in [6.07, 6.45) is 12.5. The molecular formula is C77H98N16O15S. The molecule has 0 unspecified atom stereocenters. The third-order valence-electron chi connectivity index (χ3n) is 15.4. The highest BCUT2D eigenvalue weighted by molar-refractivity contribution is 7.85. The van der Waals surface area contributed by atoms with Crippen LogP contribution in [-0.4, -0.2) is 214 Å². The van der Waals surface area contributed by atoms with Gasteiger partial charge in [-0.15, -0.1) is 0 Å². The molecule has 5 N–H and O–H groups in total. The first-order valence-corrected chi connectivity index (χ1v) is 36.3. The molecule has 32 heteroatoms. The smallest absolute Gasteiger partial charge is 0.342 e. The van der Waals surface area contributed by atoms with Crippen LogP contribution < -0.4 is 50.2 Å². The summed E-state index contributed by atoms with van der Waals surface area (Å²) >= 11 is 0. The number of benzene rings is 5. The average molecular weight is 1520 g/mol. The van der Waals surface area contributed by atoms with E-state index in [1.807, 2.05) is 146 Å². The minimum Gasteiger partial charge on any atom is -0.494 e. The Morgan fingerprint density at radius 2 is 0.991 bits per heavy atom. The number of amides is 2. The zero-order chi connectivity index (χ0) is 80.4. The molecular weight excluding hydrogens is 1420 g/mol. The third kappa shape index (κ3) is 25.0. The van der Waals surface area contributed by atoms with Gasteiger partial charge in [0.05, 0.1) is 112 Å². The van der Waals surface area contributed by atoms with Crippen molar-refractivity contribution in [2.75, 3.05) is 147 Å². The van der Waals surface area contributed by atoms with Crippen molar-refractivity contribution in [3.05, 3.63) is 180 Å². The summed E-state index contributed by atoms with van der Waals surface area (Å²) in [4.78, 5) is 102. The molecule has 0 aliphatic heterocycles. The molecule has 5 aromatic carbocycles. The number of likely N-dealkylation sites (N-methyl/N-ethyl adjacent to an activating group) is 4. The fourth-order valence-corrected chi connectivity index (χ4v) is 10.4. The minimum absolute atomic E-state index is 0.130. The quantitative estimate of drug-likeness (QED) is 0.00886. The molecule has 4 heterocycles. The van der Waals surface area contributed by atoms with E-state index >= 15 is 0 Å². The van der Waals surface area contributed by atoms with E-state index in [1.54, 1.807) is 106 Å². The van der Waals surface area contributed by atoms with Gasteiger partial charge in [0.25, 0.3) is 15.8 Å². The molecule has 0 aliphatic carbocycles. The van der Waals surface area contributed by atoms with E-state index in [4.69, 9.17) is 43.1 Å². The van der Waals surface area contributed by atoms with Gasteiger partial charge in [0, 0.05) is 107 Å². The number of nitro benzene ring substituents is 1. The summed E-state index contributed by atoms with van der Waals surface area (Å²) in [5.41, 5.74) is 8.48. The molecule has 0 saturated heterocycles. The molecule has 0 bridgehead atoms. The number of anilines is 8. The maximum atomic E-state index is 13.2. The van der Waals surface area contributed by atoms with Gasteiger partial charge < -0.3 is 74.4 Å². The lowest BCUT2D eigenvalue weighted by molar-refractivity contribution is -0.385. The number of fused-ring (bicyclic) bond motifs is 2. The van der Waals surface area contributed by atoms with Gasteiger partial charge in [-0.3, -0.25) is 24.3 Å². The van der Waals surface area contributed by atoms with Crippen LogP contribution in [0.1, 0.15) is 67.8 Å². The number of nitrogens with one attached hydrogen (secondary N) is 4. The number of carbonyl (C=O) groups excluding carboxylic acids is 4. The molecule has 2 amide bonds. The van der Waals surface area contributed by atoms with Crippen LogP contribution in [0.3, 0.4) is 0 Å². The highest BCUT2D eigenvalue weighted by atomic mass is 32.2. The van der Waals surface area contributed by atoms with E-state index in [0.717, 1.165) is 46.3 Å². The van der Waals surface area contributed by atoms with E-state index < -0.39 is 22.1 Å². The Kier molecular flexibility index (Phi) is 31.9. The summed E-state index contributed by atoms with van der Waals surface area (Å²) < 4.78 is 51.8. The van der Waals surface area contributed by atoms with E-state index in [1.165, 1.54) is 30.6 Å². The summed E-state index contributed by atoms with van der Waals surface area (Å²) in [7, 11) is 15.1. The molecule has 0 fully saturated rings. The van der Waals surface area contributed by atoms with Gasteiger partial charge in [-0.2, -0.15) is 17.9 Å². The molecule has 0 saturated carbocycles. The van der Waals surface area contributed by atoms with E-state index in [-0.39, 0.29) is 57.7 Å². The number of ether oxygens (including phenoxy) is 4. The van der Waals surface area contributed by atoms with Crippen LogP contribution in [0.2, 0.25) is 0 Å². The van der Waals surface area contributed by atoms with Crippen LogP contribution in [0.15, 0.2) is 153 Å². The van der Waals surface area contributed by atoms with Crippen LogP contribution >= 0.6 is 0 Å². The number of para-hydroxylation sites is 3. The molecule has 0 radical (unpaired) electrons. The van der Waals surface area contributed by atoms with E-state index in [9.17, 15) is 37.7 Å². The molecule has 0 spiro atoms. The van der Waals surface area contributed by atoms with Crippen molar-refractivity contribution in [2.24, 2.45) is 0 Å². The predicted molar refractivity (Wildman–Crippen MR) is 428 cm³/mol. The number of methoxy groups -OCH3 is 2. The van der Waals surface area contributed by atoms with Gasteiger partial charge in [-0.05, 0) is 124 Å². The van der Waals surface area contributed by atoms with Gasteiger partial charge in [0.2, 0.25) is 23.7 Å². The Hall–Kier alpha value is -12.1. The lowest BCUT2D eigenvalue weighted by Crippen LogP contribution is -2.29. The fraction of sp³-hybridized carbons (Fsp3) is 0.325. The maximum absolute atomic E-state index is 13.2. The average Bonchev–Trinajstić information content (AvgIpc) is 1.64. The molecule has 582 valence electrons. The second-order valence-corrected chi connectivity index (χ2v) is 26.9. The Morgan fingerprint density at radius 3 is 1.34 bits per heavy atom. The summed E-state index contributed by atoms with van der Waals surface area (Å²) in [6.45, 7) is 22.0. The van der Waals surface area contributed by atoms with Gasteiger partial charge in [0.1, 0.15) is 35.8 Å². The Bertz CT molecular complexity index is 4550. The van der Waals surface area contributed by atoms with Crippen LogP contribution in [0, 0.1) is 10.1 Å². The fourth-order valence-electron chi connectivity index (χ4n) is 10.4. The standard InChI is InChI=1S/2C33H41N7O5.C10H12N2O2.CH4O3S/c2*1-9-30(41)35-25-17-26(29(43-8)18-28(25)39(7)16-15-38(5)6)36-33-34-19-23(32(42)45-21(3)4)31(37-33)24-20-40(44-10-2)27-14-12-11-13-22(24)27;1-11(2)8-7-9-5-3-4-6-10(9)12(13)14;1-5(2,3)4/h2*9,11-14,17-21H,1,10,15-16H2,2-8H3,(H,35,41)(H,34,36,37);3-8H,1-2H3;1H3,(H,2,3,4)/b;;8-7+;. The van der Waals surface area contributed by atoms with Gasteiger partial charge >= 0.3 is 11.9 Å². The number of aromatic nitrogens is 6. The Labute approximate surface area is 635 Å². The Morgan fingerprint density at radius 1 is 0.606 bits per heavy atom. The van der Waals surface area contributed by atoms with Crippen LogP contribution in [0.4, 0.5) is 51.7 Å². The predicted octanol–water partition coefficient (Wildman–Crippen LogP) is 11.6. The van der Waals surface area contributed by atoms with Crippen molar-refractivity contribution < 1.29 is 65.7 Å². The van der Waals surface area contributed by atoms with Crippen LogP contribution in [0.5, 0.6) is 11.5 Å². The molecule has 9 rings (SSSR count). The normalized spacial score (nSPS) is 11.0. The number of rotatable bonds is 31. The molecule has 4 aromatic heterocycles. The van der Waals surface area contributed by atoms with Crippen LogP contribution in [-0.2, 0) is 29.2 Å². The molecule has 0 atom stereocenters. The topological polar surface area (TPSA) is 347 Å². The van der Waals surface area contributed by atoms with Crippen LogP contribution in [0.25, 0.3) is 50.4 Å². The van der Waals surface area contributed by atoms with E-state index in [2.05, 4.69) is 54.2 Å². The minimum atomic E-state index is -3.67. The number of nitro groups is 1. The van der Waals surface area contributed by atoms with E-state index in [0.29, 0.717) is 94.9 Å². The molecule has 9 aromatic rings. The number of hydrogen-bond donors (Lipinski definition) is 5. The Balaban J connectivity index is 0.000000275. The second-order valence-electron chi connectivity index (χ2n) is 25.5. The second kappa shape index (κ2) is 40.6. The lowest BCUT2D eigenvalue weighted by atomic mass is 10.1. The first-order chi connectivity index (χ1) is 51.7. The SMILES string of the molecule is C=CC(=O)Nc1cc(Nc2ncc(C(=O)OC(C)C)c(-c3cn(OCC)c4ccccc34)n2)c(OC)cc1N(C)CCN(C)C.C=CC(=O)Nc1cc(Nc2ncc(C(=O)OC(C)C)c(-c3cn(OCC)c4ccccc34)n2)c(OC)cc1N(C)CCN(C)C.CN(C)/C=C/c1ccccc1[N+](=O)[O-].CS(=O)(=O)O. The number of nitrogens with zero attached hydrogens (tertiary/aromatic N) is 12. The first-order valence-electron chi connectivity index (χ1n) is 34.4. The molecule has 0 aliphatic rings. The molecule has 31 nitrogen and oxygen atoms in total. The zero-order valence-electron chi connectivity index (χ0n) is 64.6. The highest BCUT2D eigenvalue weighted by Crippen LogP contribution is 2.41. The maximum Gasteiger partial charge on any atom is 0.342 e. The summed E-state index contributed by atoms with van der Waals surface area (Å²) in [6, 6.07) is 29.2. The van der Waals surface area contributed by atoms with Crippen molar-refractivity contribution >= 4 is 113 Å². The lowest BCUT2D eigenvalue weighted by Gasteiger charge is -2.26. The van der Waals surface area contributed by atoms with Crippen molar-refractivity contribution in [1.29, 1.82) is 0 Å². The zero-order valence-corrected chi connectivity index (χ0v) is 65.4.